The van der Waals surface area contributed by atoms with Crippen molar-refractivity contribution in [3.05, 3.63) is 23.8 Å². The highest BCUT2D eigenvalue weighted by Gasteiger charge is 2.32. The molecule has 2 rings (SSSR count). The fourth-order valence-electron chi connectivity index (χ4n) is 2.74. The second-order valence-corrected chi connectivity index (χ2v) is 7.46. The molecule has 27 heavy (non-hydrogen) atoms. The van der Waals surface area contributed by atoms with E-state index in [0.29, 0.717) is 22.5 Å². The zero-order chi connectivity index (χ0) is 20.2. The molecule has 0 aliphatic rings. The molecule has 0 spiro atoms. The van der Waals surface area contributed by atoms with Gasteiger partial charge in [-0.15, -0.1) is 10.2 Å². The normalized spacial score (nSPS) is 12.7. The molecular formula is C18H26N6O3. The fourth-order valence-corrected chi connectivity index (χ4v) is 2.74. The summed E-state index contributed by atoms with van der Waals surface area (Å²) in [6.45, 7) is 7.79. The number of carbonyl (C=O) groups is 2. The van der Waals surface area contributed by atoms with Crippen LogP contribution in [-0.2, 0) is 9.59 Å². The van der Waals surface area contributed by atoms with Crippen LogP contribution in [-0.4, -0.2) is 44.3 Å². The number of hydroxylamine groups is 2. The average molecular weight is 374 g/mol. The number of fused-ring (bicyclic) bond motifs is 1. The molecule has 0 fully saturated rings. The highest BCUT2D eigenvalue weighted by Crippen LogP contribution is 2.30. The van der Waals surface area contributed by atoms with E-state index in [2.05, 4.69) is 15.2 Å². The highest BCUT2D eigenvalue weighted by molar-refractivity contribution is 5.93. The van der Waals surface area contributed by atoms with Gasteiger partial charge in [0, 0.05) is 0 Å². The SMILES string of the molecule is CCC(C)(C)C[C@H](CN(O)C=O)C(=O)N(N)c1nnc2cc(C)ccc2n1. The van der Waals surface area contributed by atoms with Crippen LogP contribution in [0.1, 0.15) is 39.2 Å². The van der Waals surface area contributed by atoms with Crippen molar-refractivity contribution in [3.63, 3.8) is 0 Å². The Hall–Kier alpha value is -2.65. The van der Waals surface area contributed by atoms with Gasteiger partial charge in [-0.2, -0.15) is 0 Å². The first-order valence-corrected chi connectivity index (χ1v) is 8.77. The van der Waals surface area contributed by atoms with E-state index in [-0.39, 0.29) is 24.3 Å². The van der Waals surface area contributed by atoms with Crippen molar-refractivity contribution in [1.82, 2.24) is 20.2 Å². The zero-order valence-electron chi connectivity index (χ0n) is 16.1. The number of nitrogens with two attached hydrogens (primary N) is 1. The first-order valence-electron chi connectivity index (χ1n) is 8.77. The molecular weight excluding hydrogens is 348 g/mol. The van der Waals surface area contributed by atoms with Crippen LogP contribution >= 0.6 is 0 Å². The lowest BCUT2D eigenvalue weighted by molar-refractivity contribution is -0.155. The van der Waals surface area contributed by atoms with E-state index < -0.39 is 11.8 Å². The Morgan fingerprint density at radius 1 is 1.33 bits per heavy atom. The predicted octanol–water partition coefficient (Wildman–Crippen LogP) is 1.83. The molecule has 0 radical (unpaired) electrons. The summed E-state index contributed by atoms with van der Waals surface area (Å²) < 4.78 is 0. The van der Waals surface area contributed by atoms with E-state index in [1.165, 1.54) is 0 Å². The van der Waals surface area contributed by atoms with Crippen molar-refractivity contribution in [2.75, 3.05) is 11.6 Å². The maximum Gasteiger partial charge on any atom is 0.267 e. The third-order valence-corrected chi connectivity index (χ3v) is 4.69. The van der Waals surface area contributed by atoms with Crippen molar-refractivity contribution in [3.8, 4) is 0 Å². The number of hydrogen-bond acceptors (Lipinski definition) is 7. The summed E-state index contributed by atoms with van der Waals surface area (Å²) in [5, 5.41) is 18.9. The Bertz CT molecular complexity index is 826. The summed E-state index contributed by atoms with van der Waals surface area (Å²) >= 11 is 0. The van der Waals surface area contributed by atoms with Crippen molar-refractivity contribution in [2.45, 2.75) is 40.5 Å². The van der Waals surface area contributed by atoms with Crippen molar-refractivity contribution in [2.24, 2.45) is 17.2 Å². The van der Waals surface area contributed by atoms with Crippen molar-refractivity contribution < 1.29 is 14.8 Å². The number of carbonyl (C=O) groups excluding carboxylic acids is 2. The van der Waals surface area contributed by atoms with E-state index >= 15 is 0 Å². The number of rotatable bonds is 8. The van der Waals surface area contributed by atoms with Crippen LogP contribution in [0, 0.1) is 18.3 Å². The Morgan fingerprint density at radius 2 is 2.04 bits per heavy atom. The summed E-state index contributed by atoms with van der Waals surface area (Å²) in [6.07, 6.45) is 1.51. The van der Waals surface area contributed by atoms with Crippen LogP contribution in [0.5, 0.6) is 0 Å². The smallest absolute Gasteiger partial charge is 0.267 e. The van der Waals surface area contributed by atoms with Crippen LogP contribution in [0.4, 0.5) is 5.95 Å². The molecule has 2 aromatic rings. The highest BCUT2D eigenvalue weighted by atomic mass is 16.5. The minimum Gasteiger partial charge on any atom is -0.286 e. The van der Waals surface area contributed by atoms with E-state index in [9.17, 15) is 14.8 Å². The third-order valence-electron chi connectivity index (χ3n) is 4.69. The molecule has 0 bridgehead atoms. The van der Waals surface area contributed by atoms with Gasteiger partial charge in [-0.1, -0.05) is 33.3 Å². The summed E-state index contributed by atoms with van der Waals surface area (Å²) in [5.74, 6) is 4.73. The molecule has 1 atom stereocenters. The maximum absolute atomic E-state index is 12.9. The summed E-state index contributed by atoms with van der Waals surface area (Å²) in [7, 11) is 0. The molecule has 3 N–H and O–H groups in total. The molecule has 146 valence electrons. The lowest BCUT2D eigenvalue weighted by Crippen LogP contribution is -2.47. The monoisotopic (exact) mass is 374 g/mol. The second-order valence-electron chi connectivity index (χ2n) is 7.46. The molecule has 0 aliphatic heterocycles. The number of hydrazine groups is 1. The van der Waals surface area contributed by atoms with Gasteiger partial charge in [0.2, 0.25) is 12.3 Å². The van der Waals surface area contributed by atoms with Gasteiger partial charge in [-0.05, 0) is 36.5 Å². The molecule has 2 amide bonds. The maximum atomic E-state index is 12.9. The first-order chi connectivity index (χ1) is 12.7. The minimum absolute atomic E-state index is 0.0359. The Balaban J connectivity index is 2.29. The number of amides is 2. The van der Waals surface area contributed by atoms with Crippen molar-refractivity contribution >= 4 is 29.3 Å². The number of nitrogens with zero attached hydrogens (tertiary/aromatic N) is 5. The molecule has 1 aromatic heterocycles. The van der Waals surface area contributed by atoms with Crippen LogP contribution in [0.3, 0.4) is 0 Å². The predicted molar refractivity (Wildman–Crippen MR) is 100 cm³/mol. The number of aryl methyl sites for hydroxylation is 1. The minimum atomic E-state index is -0.711. The molecule has 0 unspecified atom stereocenters. The van der Waals surface area contributed by atoms with Crippen molar-refractivity contribution in [1.29, 1.82) is 0 Å². The molecule has 1 heterocycles. The topological polar surface area (TPSA) is 126 Å². The molecule has 0 saturated carbocycles. The lowest BCUT2D eigenvalue weighted by Gasteiger charge is -2.30. The van der Waals surface area contributed by atoms with Gasteiger partial charge in [0.1, 0.15) is 5.52 Å². The van der Waals surface area contributed by atoms with E-state index in [4.69, 9.17) is 5.84 Å². The molecule has 1 aromatic carbocycles. The Kier molecular flexibility index (Phi) is 6.40. The largest absolute Gasteiger partial charge is 0.286 e. The van der Waals surface area contributed by atoms with Crippen LogP contribution in [0.2, 0.25) is 0 Å². The van der Waals surface area contributed by atoms with Crippen LogP contribution in [0.25, 0.3) is 11.0 Å². The fraction of sp³-hybridized carbons (Fsp3) is 0.500. The summed E-state index contributed by atoms with van der Waals surface area (Å²) in [4.78, 5) is 28.0. The first kappa shape index (κ1) is 20.7. The average Bonchev–Trinajstić information content (AvgIpc) is 2.65. The summed E-state index contributed by atoms with van der Waals surface area (Å²) in [6, 6.07) is 5.49. The number of aromatic nitrogens is 3. The quantitative estimate of drug-likeness (QED) is 0.237. The van der Waals surface area contributed by atoms with Crippen LogP contribution in [0.15, 0.2) is 18.2 Å². The van der Waals surface area contributed by atoms with Gasteiger partial charge in [0.05, 0.1) is 18.0 Å². The number of anilines is 1. The number of hydrogen-bond donors (Lipinski definition) is 2. The molecule has 0 aliphatic carbocycles. The second kappa shape index (κ2) is 8.36. The van der Waals surface area contributed by atoms with Gasteiger partial charge in [0.15, 0.2) is 0 Å². The van der Waals surface area contributed by atoms with Gasteiger partial charge in [-0.3, -0.25) is 14.8 Å². The van der Waals surface area contributed by atoms with Crippen LogP contribution < -0.4 is 10.9 Å². The Morgan fingerprint density at radius 3 is 2.67 bits per heavy atom. The molecule has 0 saturated heterocycles. The summed E-state index contributed by atoms with van der Waals surface area (Å²) in [5.41, 5.74) is 2.01. The standard InChI is InChI=1S/C18H26N6O3/c1-5-18(3,4)9-13(10-23(27)11-25)16(26)24(19)17-20-14-7-6-12(2)8-15(14)21-22-17/h6-8,11,13,27H,5,9-10,19H2,1-4H3/t13-/m1/s1. The van der Waals surface area contributed by atoms with Gasteiger partial charge < -0.3 is 0 Å². The van der Waals surface area contributed by atoms with E-state index in [1.807, 2.05) is 39.8 Å². The third kappa shape index (κ3) is 5.18. The van der Waals surface area contributed by atoms with Gasteiger partial charge >= 0.3 is 0 Å². The Labute approximate surface area is 158 Å². The van der Waals surface area contributed by atoms with E-state index in [0.717, 1.165) is 17.0 Å². The lowest BCUT2D eigenvalue weighted by atomic mass is 9.80. The molecule has 9 heteroatoms. The zero-order valence-corrected chi connectivity index (χ0v) is 16.1. The van der Waals surface area contributed by atoms with Gasteiger partial charge in [0.25, 0.3) is 5.95 Å². The van der Waals surface area contributed by atoms with E-state index in [1.54, 1.807) is 6.07 Å². The molecule has 9 nitrogen and oxygen atoms in total. The van der Waals surface area contributed by atoms with Gasteiger partial charge in [-0.25, -0.2) is 20.9 Å². The number of benzene rings is 1.